The van der Waals surface area contributed by atoms with Crippen LogP contribution < -0.4 is 11.3 Å². The summed E-state index contributed by atoms with van der Waals surface area (Å²) in [4.78, 5) is 0. The van der Waals surface area contributed by atoms with Crippen molar-refractivity contribution in [3.63, 3.8) is 0 Å². The van der Waals surface area contributed by atoms with Crippen LogP contribution in [-0.2, 0) is 6.42 Å². The molecule has 2 rings (SSSR count). The van der Waals surface area contributed by atoms with Crippen LogP contribution in [0.1, 0.15) is 17.2 Å². The molecule has 0 saturated carbocycles. The third-order valence-corrected chi connectivity index (χ3v) is 4.06. The normalized spacial score (nSPS) is 12.4. The van der Waals surface area contributed by atoms with Gasteiger partial charge < -0.3 is 0 Å². The van der Waals surface area contributed by atoms with Crippen LogP contribution in [0, 0.1) is 11.6 Å². The molecule has 20 heavy (non-hydrogen) atoms. The Morgan fingerprint density at radius 1 is 1.05 bits per heavy atom. The van der Waals surface area contributed by atoms with Crippen LogP contribution in [0.15, 0.2) is 45.3 Å². The van der Waals surface area contributed by atoms with Gasteiger partial charge in [0.05, 0.1) is 10.5 Å². The van der Waals surface area contributed by atoms with E-state index in [2.05, 4.69) is 37.3 Å². The van der Waals surface area contributed by atoms with Crippen molar-refractivity contribution in [3.05, 3.63) is 68.1 Å². The largest absolute Gasteiger partial charge is 0.271 e. The minimum absolute atomic E-state index is 0.333. The number of hydrogen-bond donors (Lipinski definition) is 2. The fourth-order valence-corrected chi connectivity index (χ4v) is 2.70. The number of benzene rings is 2. The predicted molar refractivity (Wildman–Crippen MR) is 82.0 cm³/mol. The fraction of sp³-hybridized carbons (Fsp3) is 0.143. The summed E-state index contributed by atoms with van der Waals surface area (Å²) in [6.45, 7) is 0. The number of halogens is 4. The van der Waals surface area contributed by atoms with Crippen molar-refractivity contribution in [2.75, 3.05) is 0 Å². The first-order chi connectivity index (χ1) is 9.51. The molecule has 2 aromatic carbocycles. The van der Waals surface area contributed by atoms with E-state index in [0.29, 0.717) is 20.9 Å². The smallest absolute Gasteiger partial charge is 0.137 e. The molecule has 0 radical (unpaired) electrons. The molecule has 6 heteroatoms. The van der Waals surface area contributed by atoms with Gasteiger partial charge in [-0.3, -0.25) is 11.3 Å². The maximum Gasteiger partial charge on any atom is 0.137 e. The molecule has 0 aliphatic heterocycles. The van der Waals surface area contributed by atoms with Gasteiger partial charge in [0.2, 0.25) is 0 Å². The van der Waals surface area contributed by atoms with Gasteiger partial charge in [0.1, 0.15) is 11.6 Å². The zero-order valence-corrected chi connectivity index (χ0v) is 13.5. The lowest BCUT2D eigenvalue weighted by Crippen LogP contribution is -2.30. The van der Waals surface area contributed by atoms with Gasteiger partial charge in [-0.25, -0.2) is 8.78 Å². The van der Waals surface area contributed by atoms with E-state index in [1.54, 1.807) is 24.3 Å². The van der Waals surface area contributed by atoms with Crippen LogP contribution in [0.3, 0.4) is 0 Å². The van der Waals surface area contributed by atoms with E-state index >= 15 is 0 Å². The molecule has 0 aliphatic carbocycles. The Balaban J connectivity index is 2.26. The van der Waals surface area contributed by atoms with Crippen molar-refractivity contribution in [3.8, 4) is 0 Å². The van der Waals surface area contributed by atoms with Gasteiger partial charge in [0, 0.05) is 10.0 Å². The highest BCUT2D eigenvalue weighted by Crippen LogP contribution is 2.25. The topological polar surface area (TPSA) is 38.0 Å². The highest BCUT2D eigenvalue weighted by atomic mass is 79.9. The summed E-state index contributed by atoms with van der Waals surface area (Å²) >= 11 is 6.34. The van der Waals surface area contributed by atoms with Gasteiger partial charge in [-0.1, -0.05) is 28.1 Å². The first-order valence-electron chi connectivity index (χ1n) is 5.86. The van der Waals surface area contributed by atoms with Crippen molar-refractivity contribution in [1.82, 2.24) is 5.43 Å². The van der Waals surface area contributed by atoms with E-state index in [-0.39, 0.29) is 17.7 Å². The molecule has 0 spiro atoms. The minimum atomic E-state index is -0.388. The summed E-state index contributed by atoms with van der Waals surface area (Å²) in [7, 11) is 0. The Kier molecular flexibility index (Phi) is 5.26. The number of hydrazine groups is 1. The average molecular weight is 406 g/mol. The lowest BCUT2D eigenvalue weighted by molar-refractivity contribution is 0.509. The molecular weight excluding hydrogens is 394 g/mol. The average Bonchev–Trinajstić information content (AvgIpc) is 2.41. The van der Waals surface area contributed by atoms with Crippen LogP contribution in [0.5, 0.6) is 0 Å². The van der Waals surface area contributed by atoms with Crippen LogP contribution in [0.25, 0.3) is 0 Å². The molecule has 0 amide bonds. The van der Waals surface area contributed by atoms with Gasteiger partial charge in [-0.15, -0.1) is 0 Å². The summed E-state index contributed by atoms with van der Waals surface area (Å²) in [5.74, 6) is 4.84. The fourth-order valence-electron chi connectivity index (χ4n) is 1.95. The van der Waals surface area contributed by atoms with Gasteiger partial charge in [0.25, 0.3) is 0 Å². The Hall–Kier alpha value is -0.820. The zero-order chi connectivity index (χ0) is 14.7. The number of hydrogen-bond acceptors (Lipinski definition) is 2. The highest BCUT2D eigenvalue weighted by Gasteiger charge is 2.16. The molecule has 2 nitrogen and oxygen atoms in total. The van der Waals surface area contributed by atoms with Crippen LogP contribution in [0.4, 0.5) is 8.78 Å². The maximum atomic E-state index is 13.9. The minimum Gasteiger partial charge on any atom is -0.271 e. The standard InChI is InChI=1S/C14H12Br2F2N2/c15-9-2-3-10(13(18)7-9)14(20-19)6-8-1-4-12(17)11(16)5-8/h1-5,7,14,20H,6,19H2. The molecule has 1 atom stereocenters. The maximum absolute atomic E-state index is 13.9. The quantitative estimate of drug-likeness (QED) is 0.589. The van der Waals surface area contributed by atoms with E-state index in [1.165, 1.54) is 12.1 Å². The Labute approximate surface area is 132 Å². The van der Waals surface area contributed by atoms with Gasteiger partial charge in [-0.05, 0) is 52.2 Å². The molecule has 1 unspecified atom stereocenters. The van der Waals surface area contributed by atoms with Crippen molar-refractivity contribution >= 4 is 31.9 Å². The second-order valence-electron chi connectivity index (χ2n) is 4.34. The second-order valence-corrected chi connectivity index (χ2v) is 6.11. The molecule has 0 saturated heterocycles. The van der Waals surface area contributed by atoms with Crippen LogP contribution >= 0.6 is 31.9 Å². The summed E-state index contributed by atoms with van der Waals surface area (Å²) in [5.41, 5.74) is 3.92. The Morgan fingerprint density at radius 2 is 1.80 bits per heavy atom. The molecule has 2 aromatic rings. The summed E-state index contributed by atoms with van der Waals surface area (Å²) in [6, 6.07) is 9.11. The molecule has 3 N–H and O–H groups in total. The molecule has 0 aliphatic rings. The third kappa shape index (κ3) is 3.63. The number of nitrogens with two attached hydrogens (primary N) is 1. The lowest BCUT2D eigenvalue weighted by atomic mass is 9.99. The van der Waals surface area contributed by atoms with E-state index in [0.717, 1.165) is 5.56 Å². The Bertz CT molecular complexity index is 620. The van der Waals surface area contributed by atoms with Crippen molar-refractivity contribution in [2.24, 2.45) is 5.84 Å². The predicted octanol–water partition coefficient (Wildman–Crippen LogP) is 4.24. The third-order valence-electron chi connectivity index (χ3n) is 2.96. The molecule has 0 fully saturated rings. The van der Waals surface area contributed by atoms with Gasteiger partial charge in [0.15, 0.2) is 0 Å². The van der Waals surface area contributed by atoms with E-state index in [9.17, 15) is 8.78 Å². The van der Waals surface area contributed by atoms with Crippen molar-refractivity contribution in [2.45, 2.75) is 12.5 Å². The monoisotopic (exact) mass is 404 g/mol. The summed E-state index contributed by atoms with van der Waals surface area (Å²) in [6.07, 6.45) is 0.452. The highest BCUT2D eigenvalue weighted by molar-refractivity contribution is 9.10. The molecule has 0 aromatic heterocycles. The zero-order valence-electron chi connectivity index (χ0n) is 10.3. The first kappa shape index (κ1) is 15.6. The molecular formula is C14H12Br2F2N2. The number of rotatable bonds is 4. The second kappa shape index (κ2) is 6.76. The first-order valence-corrected chi connectivity index (χ1v) is 7.45. The molecule has 106 valence electrons. The lowest BCUT2D eigenvalue weighted by Gasteiger charge is -2.17. The van der Waals surface area contributed by atoms with Gasteiger partial charge >= 0.3 is 0 Å². The number of nitrogens with one attached hydrogen (secondary N) is 1. The Morgan fingerprint density at radius 3 is 2.40 bits per heavy atom. The molecule has 0 bridgehead atoms. The van der Waals surface area contributed by atoms with E-state index < -0.39 is 0 Å². The summed E-state index contributed by atoms with van der Waals surface area (Å²) in [5, 5.41) is 0. The van der Waals surface area contributed by atoms with E-state index in [4.69, 9.17) is 5.84 Å². The molecule has 0 heterocycles. The SMILES string of the molecule is NNC(Cc1ccc(F)c(Br)c1)c1ccc(Br)cc1F. The van der Waals surface area contributed by atoms with Crippen LogP contribution in [0.2, 0.25) is 0 Å². The van der Waals surface area contributed by atoms with Crippen molar-refractivity contribution < 1.29 is 8.78 Å². The summed E-state index contributed by atoms with van der Waals surface area (Å²) < 4.78 is 28.2. The van der Waals surface area contributed by atoms with Crippen molar-refractivity contribution in [1.29, 1.82) is 0 Å². The van der Waals surface area contributed by atoms with E-state index in [1.807, 2.05) is 0 Å². The van der Waals surface area contributed by atoms with Crippen LogP contribution in [-0.4, -0.2) is 0 Å². The van der Waals surface area contributed by atoms with Gasteiger partial charge in [-0.2, -0.15) is 0 Å².